The number of hydrogen-bond acceptors (Lipinski definition) is 5. The van der Waals surface area contributed by atoms with Crippen molar-refractivity contribution in [2.45, 2.75) is 57.0 Å². The minimum Gasteiger partial charge on any atom is -0.371 e. The number of rotatable bonds is 8. The van der Waals surface area contributed by atoms with Crippen molar-refractivity contribution in [1.82, 2.24) is 10.2 Å². The maximum atomic E-state index is 13.7. The Labute approximate surface area is 259 Å². The van der Waals surface area contributed by atoms with Gasteiger partial charge >= 0.3 is 0 Å². The van der Waals surface area contributed by atoms with Crippen molar-refractivity contribution >= 4 is 46.9 Å². The fraction of sp³-hybridized carbons (Fsp3) is 0.361. The zero-order chi connectivity index (χ0) is 30.3. The van der Waals surface area contributed by atoms with Gasteiger partial charge in [0.25, 0.3) is 5.91 Å². The SMILES string of the molecule is O=C(Nc1ccc(/C=C/c2ccc(NC(=O)[C@@H]3CCCN3C(=O)c3ccccc3N3CCCCC3)cc2)cc1)[C@@H]1CCCN1. The van der Waals surface area contributed by atoms with Crippen LogP contribution in [-0.2, 0) is 9.59 Å². The fourth-order valence-electron chi connectivity index (χ4n) is 6.41. The monoisotopic (exact) mass is 591 g/mol. The molecule has 0 radical (unpaired) electrons. The molecule has 0 aromatic heterocycles. The number of carbonyl (C=O) groups is 3. The van der Waals surface area contributed by atoms with E-state index in [2.05, 4.69) is 20.9 Å². The quantitative estimate of drug-likeness (QED) is 0.289. The molecule has 3 saturated heterocycles. The van der Waals surface area contributed by atoms with E-state index < -0.39 is 6.04 Å². The van der Waals surface area contributed by atoms with Gasteiger partial charge in [-0.2, -0.15) is 0 Å². The van der Waals surface area contributed by atoms with Gasteiger partial charge in [0, 0.05) is 36.7 Å². The summed E-state index contributed by atoms with van der Waals surface area (Å²) in [5.41, 5.74) is 5.18. The highest BCUT2D eigenvalue weighted by Gasteiger charge is 2.36. The van der Waals surface area contributed by atoms with Crippen LogP contribution in [0.2, 0.25) is 0 Å². The molecule has 3 fully saturated rings. The number of carbonyl (C=O) groups excluding carboxylic acids is 3. The Morgan fingerprint density at radius 1 is 0.682 bits per heavy atom. The minimum atomic E-state index is -0.487. The van der Waals surface area contributed by atoms with Crippen LogP contribution in [0.3, 0.4) is 0 Å². The summed E-state index contributed by atoms with van der Waals surface area (Å²) in [4.78, 5) is 43.4. The second-order valence-electron chi connectivity index (χ2n) is 11.9. The molecule has 0 aliphatic carbocycles. The van der Waals surface area contributed by atoms with E-state index in [1.807, 2.05) is 84.9 Å². The van der Waals surface area contributed by atoms with Gasteiger partial charge in [0.05, 0.1) is 11.6 Å². The number of benzene rings is 3. The highest BCUT2D eigenvalue weighted by atomic mass is 16.2. The topological polar surface area (TPSA) is 93.8 Å². The second kappa shape index (κ2) is 13.9. The summed E-state index contributed by atoms with van der Waals surface area (Å²) in [6, 6.07) is 22.7. The minimum absolute atomic E-state index is 0.0170. The summed E-state index contributed by atoms with van der Waals surface area (Å²) < 4.78 is 0. The summed E-state index contributed by atoms with van der Waals surface area (Å²) in [5, 5.41) is 9.23. The average Bonchev–Trinajstić information content (AvgIpc) is 3.79. The Bertz CT molecular complexity index is 1490. The van der Waals surface area contributed by atoms with E-state index in [0.717, 1.165) is 74.2 Å². The number of amides is 3. The van der Waals surface area contributed by atoms with Gasteiger partial charge in [0.1, 0.15) is 6.04 Å². The molecule has 0 spiro atoms. The second-order valence-corrected chi connectivity index (χ2v) is 11.9. The maximum absolute atomic E-state index is 13.7. The van der Waals surface area contributed by atoms with E-state index in [1.165, 1.54) is 6.42 Å². The normalized spacial score (nSPS) is 20.2. The number of nitrogens with one attached hydrogen (secondary N) is 3. The number of hydrogen-bond donors (Lipinski definition) is 3. The predicted molar refractivity (Wildman–Crippen MR) is 177 cm³/mol. The summed E-state index contributed by atoms with van der Waals surface area (Å²) in [5.74, 6) is -0.195. The number of nitrogens with zero attached hydrogens (tertiary/aromatic N) is 2. The maximum Gasteiger partial charge on any atom is 0.256 e. The van der Waals surface area contributed by atoms with Crippen molar-refractivity contribution in [2.75, 3.05) is 41.7 Å². The molecule has 3 aliphatic rings. The molecule has 0 bridgehead atoms. The first-order valence-corrected chi connectivity index (χ1v) is 15.9. The van der Waals surface area contributed by atoms with Crippen LogP contribution in [0.4, 0.5) is 17.1 Å². The van der Waals surface area contributed by atoms with Crippen molar-refractivity contribution in [3.05, 3.63) is 89.5 Å². The van der Waals surface area contributed by atoms with Crippen LogP contribution in [0, 0.1) is 0 Å². The van der Waals surface area contributed by atoms with E-state index in [9.17, 15) is 14.4 Å². The fourth-order valence-corrected chi connectivity index (χ4v) is 6.41. The average molecular weight is 592 g/mol. The molecular weight excluding hydrogens is 550 g/mol. The van der Waals surface area contributed by atoms with Gasteiger partial charge in [-0.05, 0) is 99.0 Å². The Balaban J connectivity index is 1.04. The third-order valence-electron chi connectivity index (χ3n) is 8.85. The number of likely N-dealkylation sites (tertiary alicyclic amines) is 1. The van der Waals surface area contributed by atoms with Crippen LogP contribution in [0.5, 0.6) is 0 Å². The lowest BCUT2D eigenvalue weighted by Gasteiger charge is -2.32. The molecule has 8 heteroatoms. The lowest BCUT2D eigenvalue weighted by molar-refractivity contribution is -0.120. The smallest absolute Gasteiger partial charge is 0.256 e. The van der Waals surface area contributed by atoms with Gasteiger partial charge in [-0.3, -0.25) is 14.4 Å². The van der Waals surface area contributed by atoms with Gasteiger partial charge in [0.15, 0.2) is 0 Å². The Morgan fingerprint density at radius 3 is 1.95 bits per heavy atom. The van der Waals surface area contributed by atoms with Gasteiger partial charge in [-0.1, -0.05) is 48.6 Å². The van der Waals surface area contributed by atoms with Crippen LogP contribution < -0.4 is 20.9 Å². The molecule has 44 heavy (non-hydrogen) atoms. The molecule has 0 saturated carbocycles. The highest BCUT2D eigenvalue weighted by molar-refractivity contribution is 6.04. The molecule has 3 heterocycles. The number of piperidine rings is 1. The molecule has 6 rings (SSSR count). The Hall–Kier alpha value is -4.43. The first kappa shape index (κ1) is 29.6. The third kappa shape index (κ3) is 7.03. The number of para-hydroxylation sites is 1. The van der Waals surface area contributed by atoms with Crippen molar-refractivity contribution in [2.24, 2.45) is 0 Å². The molecule has 0 unspecified atom stereocenters. The van der Waals surface area contributed by atoms with Gasteiger partial charge < -0.3 is 25.8 Å². The van der Waals surface area contributed by atoms with E-state index in [4.69, 9.17) is 0 Å². The zero-order valence-electron chi connectivity index (χ0n) is 25.1. The van der Waals surface area contributed by atoms with E-state index >= 15 is 0 Å². The van der Waals surface area contributed by atoms with Crippen LogP contribution in [-0.4, -0.2) is 60.9 Å². The molecule has 8 nitrogen and oxygen atoms in total. The van der Waals surface area contributed by atoms with Crippen LogP contribution in [0.25, 0.3) is 12.2 Å². The van der Waals surface area contributed by atoms with Crippen LogP contribution >= 0.6 is 0 Å². The summed E-state index contributed by atoms with van der Waals surface area (Å²) in [6.45, 7) is 3.40. The highest BCUT2D eigenvalue weighted by Crippen LogP contribution is 2.29. The molecule has 3 amide bonds. The molecular formula is C36H41N5O3. The van der Waals surface area contributed by atoms with E-state index in [0.29, 0.717) is 24.2 Å². The molecule has 3 aromatic carbocycles. The van der Waals surface area contributed by atoms with E-state index in [1.54, 1.807) is 4.90 Å². The van der Waals surface area contributed by atoms with Gasteiger partial charge in [-0.15, -0.1) is 0 Å². The van der Waals surface area contributed by atoms with E-state index in [-0.39, 0.29) is 23.8 Å². The molecule has 3 aliphatic heterocycles. The predicted octanol–water partition coefficient (Wildman–Crippen LogP) is 5.78. The zero-order valence-corrected chi connectivity index (χ0v) is 25.1. The van der Waals surface area contributed by atoms with Crippen LogP contribution in [0.1, 0.15) is 66.4 Å². The largest absolute Gasteiger partial charge is 0.371 e. The first-order valence-electron chi connectivity index (χ1n) is 15.9. The van der Waals surface area contributed by atoms with Crippen molar-refractivity contribution in [3.63, 3.8) is 0 Å². The molecule has 2 atom stereocenters. The lowest BCUT2D eigenvalue weighted by atomic mass is 10.1. The Kier molecular flexibility index (Phi) is 9.37. The molecule has 228 valence electrons. The number of anilines is 3. The van der Waals surface area contributed by atoms with Gasteiger partial charge in [0.2, 0.25) is 11.8 Å². The lowest BCUT2D eigenvalue weighted by Crippen LogP contribution is -2.43. The van der Waals surface area contributed by atoms with Crippen molar-refractivity contribution < 1.29 is 14.4 Å². The first-order chi connectivity index (χ1) is 21.5. The third-order valence-corrected chi connectivity index (χ3v) is 8.85. The molecule has 3 N–H and O–H groups in total. The summed E-state index contributed by atoms with van der Waals surface area (Å²) in [6.07, 6.45) is 10.9. The Morgan fingerprint density at radius 2 is 1.32 bits per heavy atom. The van der Waals surface area contributed by atoms with Crippen molar-refractivity contribution in [1.29, 1.82) is 0 Å². The molecule has 3 aromatic rings. The summed E-state index contributed by atoms with van der Waals surface area (Å²) in [7, 11) is 0. The standard InChI is InChI=1S/C36H41N5O3/c42-34(31-9-6-22-37-31)38-28-18-14-26(15-19-28)12-13-27-16-20-29(21-17-27)39-35(43)33-11-7-25-41(33)36(44)30-8-2-3-10-32(30)40-23-4-1-5-24-40/h2-3,8,10,12-21,31,33,37H,1,4-7,9,11,22-25H2,(H,38,42)(H,39,43)/b13-12+/t31-,33-/m0/s1. The van der Waals surface area contributed by atoms with Gasteiger partial charge in [-0.25, -0.2) is 0 Å². The summed E-state index contributed by atoms with van der Waals surface area (Å²) >= 11 is 0. The van der Waals surface area contributed by atoms with Crippen LogP contribution in [0.15, 0.2) is 72.8 Å². The van der Waals surface area contributed by atoms with Crippen molar-refractivity contribution in [3.8, 4) is 0 Å².